The van der Waals surface area contributed by atoms with Gasteiger partial charge in [-0.25, -0.2) is 0 Å². The van der Waals surface area contributed by atoms with Gasteiger partial charge in [0.05, 0.1) is 65.4 Å². The minimum atomic E-state index is -3.30. The van der Waals surface area contributed by atoms with Gasteiger partial charge in [0, 0.05) is 76.4 Å². The van der Waals surface area contributed by atoms with Crippen molar-refractivity contribution in [2.75, 3.05) is 0 Å². The van der Waals surface area contributed by atoms with E-state index in [1.54, 1.807) is 0 Å². The molecule has 0 saturated heterocycles. The van der Waals surface area contributed by atoms with E-state index in [2.05, 4.69) is 334 Å². The molecule has 25 rings (SSSR count). The molecule has 0 saturated carbocycles. The fourth-order valence-electron chi connectivity index (χ4n) is 20.0. The molecule has 2 atom stereocenters. The molecule has 19 aromatic carbocycles. The van der Waals surface area contributed by atoms with Gasteiger partial charge in [-0.2, -0.15) is 0 Å². The molecule has 0 radical (unpaired) electrons. The van der Waals surface area contributed by atoms with E-state index < -0.39 is 14.3 Å². The summed E-state index contributed by atoms with van der Waals surface area (Å²) in [5, 5.41) is 13.9. The number of aromatic nitrogens is 4. The second kappa shape index (κ2) is 28.0. The van der Waals surface area contributed by atoms with Gasteiger partial charge in [-0.1, -0.05) is 279 Å². The molecule has 8 nitrogen and oxygen atoms in total. The van der Waals surface area contributed by atoms with Gasteiger partial charge in [-0.15, -0.1) is 0 Å². The lowest BCUT2D eigenvalue weighted by Gasteiger charge is -2.29. The van der Waals surface area contributed by atoms with Crippen LogP contribution in [0, 0.1) is 0 Å². The Morgan fingerprint density at radius 2 is 0.411 bits per heavy atom. The molecule has 4 aromatic heterocycles. The number of nitrogens with zero attached hydrogens (tertiary/aromatic N) is 4. The zero-order chi connectivity index (χ0) is 81.9. The van der Waals surface area contributed by atoms with Crippen molar-refractivity contribution in [1.82, 2.24) is 18.3 Å². The Morgan fingerprint density at radius 3 is 0.750 bits per heavy atom. The van der Waals surface area contributed by atoms with Crippen LogP contribution in [0.2, 0.25) is 0 Å². The summed E-state index contributed by atoms with van der Waals surface area (Å²) >= 11 is 0. The Hall–Kier alpha value is -15.6. The highest BCUT2D eigenvalue weighted by Gasteiger charge is 2.41. The SMILES string of the molecule is O=P1(c2ccccc2)c2ccccc2Oc2cc(-c3ccc(-c4cc(-c5ccc(-n6c7ccccc7c7cc(-n8c9ccccc9c9ccccc98)ccc76)cc5)c(-c5ccc(-c6ccc7c(c6)Oc6ccccc6P7(=O)c6ccccc6)cc5)cc4-c4ccc(-n5c6ccccc6c6cc(-n7c8ccccc8c8ccccc87)ccc65)cc4)cc3)ccc21. The normalized spacial score (nSPS) is 14.7. The summed E-state index contributed by atoms with van der Waals surface area (Å²) in [5.74, 6) is 2.38. The second-order valence-electron chi connectivity index (χ2n) is 32.4. The first-order chi connectivity index (χ1) is 61.2. The van der Waals surface area contributed by atoms with Gasteiger partial charge in [0.1, 0.15) is 23.0 Å². The number of hydrogen-bond donors (Lipinski definition) is 0. The van der Waals surface area contributed by atoms with Gasteiger partial charge >= 0.3 is 0 Å². The zero-order valence-electron chi connectivity index (χ0n) is 66.9. The largest absolute Gasteiger partial charge is 0.456 e. The molecule has 2 aliphatic rings. The molecule has 0 spiro atoms. The van der Waals surface area contributed by atoms with Crippen LogP contribution in [0.1, 0.15) is 0 Å². The summed E-state index contributed by atoms with van der Waals surface area (Å²) < 4.78 is 54.7. The molecule has 2 unspecified atom stereocenters. The first-order valence-electron chi connectivity index (χ1n) is 42.0. The summed E-state index contributed by atoms with van der Waals surface area (Å²) in [6.07, 6.45) is 0. The van der Waals surface area contributed by atoms with Gasteiger partial charge in [-0.05, 0) is 224 Å². The van der Waals surface area contributed by atoms with Crippen molar-refractivity contribution in [3.8, 4) is 113 Å². The number of ether oxygens (including phenoxy) is 2. The van der Waals surface area contributed by atoms with Gasteiger partial charge in [0.25, 0.3) is 0 Å². The van der Waals surface area contributed by atoms with E-state index >= 15 is 9.13 Å². The van der Waals surface area contributed by atoms with E-state index in [0.29, 0.717) is 44.2 Å². The number of rotatable bonds is 12. The maximum atomic E-state index is 15.8. The van der Waals surface area contributed by atoms with E-state index in [1.165, 1.54) is 65.2 Å². The van der Waals surface area contributed by atoms with Gasteiger partial charge < -0.3 is 36.9 Å². The maximum Gasteiger partial charge on any atom is 0.178 e. The lowest BCUT2D eigenvalue weighted by Crippen LogP contribution is -2.30. The van der Waals surface area contributed by atoms with Crippen molar-refractivity contribution in [1.29, 1.82) is 0 Å². The lowest BCUT2D eigenvalue weighted by atomic mass is 9.85. The van der Waals surface area contributed by atoms with Crippen LogP contribution >= 0.6 is 14.3 Å². The number of benzene rings is 19. The summed E-state index contributed by atoms with van der Waals surface area (Å²) in [7, 11) is -6.61. The third-order valence-electron chi connectivity index (χ3n) is 25.8. The van der Waals surface area contributed by atoms with Crippen molar-refractivity contribution in [2.45, 2.75) is 0 Å². The zero-order valence-corrected chi connectivity index (χ0v) is 68.7. The van der Waals surface area contributed by atoms with Crippen LogP contribution in [0.4, 0.5) is 0 Å². The second-order valence-corrected chi connectivity index (χ2v) is 37.8. The molecule has 6 heterocycles. The summed E-state index contributed by atoms with van der Waals surface area (Å²) in [6, 6.07) is 155. The smallest absolute Gasteiger partial charge is 0.178 e. The Bertz CT molecular complexity index is 7870. The molecule has 0 aliphatic carbocycles. The minimum absolute atomic E-state index is 0.587. The van der Waals surface area contributed by atoms with Crippen LogP contribution in [0.25, 0.3) is 177 Å². The topological polar surface area (TPSA) is 72.3 Å². The fraction of sp³-hybridized carbons (Fsp3) is 0. The minimum Gasteiger partial charge on any atom is -0.456 e. The van der Waals surface area contributed by atoms with Crippen LogP contribution in [-0.4, -0.2) is 18.3 Å². The predicted octanol–water partition coefficient (Wildman–Crippen LogP) is 27.6. The Balaban J connectivity index is 0.656. The average molecular weight is 1620 g/mol. The third-order valence-corrected chi connectivity index (χ3v) is 32.0. The number of fused-ring (bicyclic) bond motifs is 16. The van der Waals surface area contributed by atoms with Gasteiger partial charge in [-0.3, -0.25) is 0 Å². The highest BCUT2D eigenvalue weighted by atomic mass is 31.2. The quantitative estimate of drug-likeness (QED) is 0.114. The molecule has 0 bridgehead atoms. The van der Waals surface area contributed by atoms with Crippen LogP contribution in [0.15, 0.2) is 437 Å². The Labute approximate surface area is 714 Å². The standard InChI is InChI=1S/C114H72N4O4P2/c119-123(85-23-3-1-4-24-85)111-41-21-19-39-107(111)121-109-67-79(55-65-113(109)123)73-43-47-75(48-44-73)93-71-96(78-53-59-82(60-54-78)116-104-38-18-12-32-92(104)98-70-84(62-64-106(98)116)118-101-35-15-9-29-89(101)90-30-10-16-36-102(90)118)94(76-49-45-74(46-50-76)80-56-66-114-110(68-80)122-108-40-20-22-42-112(108)124(114,120)86-25-5-2-6-26-86)72-95(93)77-51-57-81(58-52-77)115-103-37-17-11-31-91(103)97-69-83(61-63-105(97)115)117-99-33-13-7-27-87(99)88-28-8-14-34-100(88)117/h1-72H. The predicted molar refractivity (Wildman–Crippen MR) is 515 cm³/mol. The third kappa shape index (κ3) is 11.0. The van der Waals surface area contributed by atoms with Gasteiger partial charge in [0.2, 0.25) is 0 Å². The van der Waals surface area contributed by atoms with Crippen molar-refractivity contribution in [3.63, 3.8) is 0 Å². The molecular weight excluding hydrogens is 1550 g/mol. The van der Waals surface area contributed by atoms with Crippen LogP contribution in [0.3, 0.4) is 0 Å². The summed E-state index contributed by atoms with van der Waals surface area (Å²) in [5.41, 5.74) is 25.7. The molecule has 2 aliphatic heterocycles. The molecule has 0 N–H and O–H groups in total. The van der Waals surface area contributed by atoms with Crippen LogP contribution in [0.5, 0.6) is 23.0 Å². The summed E-state index contributed by atoms with van der Waals surface area (Å²) in [4.78, 5) is 0. The monoisotopic (exact) mass is 1620 g/mol. The van der Waals surface area contributed by atoms with Crippen molar-refractivity contribution in [3.05, 3.63) is 437 Å². The van der Waals surface area contributed by atoms with E-state index in [4.69, 9.17) is 9.47 Å². The highest BCUT2D eigenvalue weighted by molar-refractivity contribution is 7.86. The van der Waals surface area contributed by atoms with E-state index in [0.717, 1.165) is 122 Å². The first kappa shape index (κ1) is 71.4. The molecule has 0 amide bonds. The molecule has 582 valence electrons. The molecule has 124 heavy (non-hydrogen) atoms. The lowest BCUT2D eigenvalue weighted by molar-refractivity contribution is 0.485. The molecule has 23 aromatic rings. The number of hydrogen-bond acceptors (Lipinski definition) is 4. The van der Waals surface area contributed by atoms with Crippen LogP contribution < -0.4 is 41.3 Å². The summed E-state index contributed by atoms with van der Waals surface area (Å²) in [6.45, 7) is 0. The van der Waals surface area contributed by atoms with Crippen LogP contribution in [-0.2, 0) is 9.13 Å². The van der Waals surface area contributed by atoms with E-state index in [9.17, 15) is 0 Å². The number of para-hydroxylation sites is 8. The van der Waals surface area contributed by atoms with E-state index in [-0.39, 0.29) is 0 Å². The molecule has 10 heteroatoms. The van der Waals surface area contributed by atoms with Crippen molar-refractivity contribution >= 4 is 133 Å². The maximum absolute atomic E-state index is 15.8. The van der Waals surface area contributed by atoms with E-state index in [1.807, 2.05) is 121 Å². The van der Waals surface area contributed by atoms with Crippen molar-refractivity contribution < 1.29 is 18.6 Å². The first-order valence-corrected chi connectivity index (χ1v) is 45.5. The molecular formula is C114H72N4O4P2. The Morgan fingerprint density at radius 1 is 0.169 bits per heavy atom. The average Bonchev–Trinajstić information content (AvgIpc) is 1.70. The Kier molecular flexibility index (Phi) is 16.1. The fourth-order valence-corrected chi connectivity index (χ4v) is 25.7. The van der Waals surface area contributed by atoms with Crippen molar-refractivity contribution in [2.24, 2.45) is 0 Å². The van der Waals surface area contributed by atoms with Gasteiger partial charge in [0.15, 0.2) is 14.3 Å². The highest BCUT2D eigenvalue weighted by Crippen LogP contribution is 2.55. The molecule has 0 fully saturated rings.